The van der Waals surface area contributed by atoms with Gasteiger partial charge in [-0.25, -0.2) is 8.78 Å². The molecule has 0 radical (unpaired) electrons. The lowest BCUT2D eigenvalue weighted by atomic mass is 9.69. The van der Waals surface area contributed by atoms with E-state index in [1.165, 1.54) is 0 Å². The molecule has 0 aliphatic heterocycles. The van der Waals surface area contributed by atoms with Gasteiger partial charge in [-0.3, -0.25) is 4.79 Å². The van der Waals surface area contributed by atoms with E-state index in [2.05, 4.69) is 0 Å². The van der Waals surface area contributed by atoms with Gasteiger partial charge in [0.1, 0.15) is 0 Å². The molecular formula is C13H13ClF2O2. The van der Waals surface area contributed by atoms with Crippen molar-refractivity contribution < 1.29 is 18.7 Å². The molecule has 1 aromatic carbocycles. The van der Waals surface area contributed by atoms with Crippen LogP contribution in [0, 0.1) is 11.6 Å². The molecule has 0 heterocycles. The third-order valence-corrected chi connectivity index (χ3v) is 3.95. The maximum atomic E-state index is 13.3. The van der Waals surface area contributed by atoms with E-state index >= 15 is 0 Å². The average Bonchev–Trinajstić information content (AvgIpc) is 2.34. The molecule has 1 saturated carbocycles. The average molecular weight is 275 g/mol. The highest BCUT2D eigenvalue weighted by molar-refractivity contribution is 6.31. The molecule has 1 aliphatic carbocycles. The molecule has 0 aromatic heterocycles. The summed E-state index contributed by atoms with van der Waals surface area (Å²) in [6, 6.07) is 1.78. The number of carboxylic acids is 1. The van der Waals surface area contributed by atoms with E-state index in [4.69, 9.17) is 11.6 Å². The molecule has 1 fully saturated rings. The Balaban J connectivity index is 2.55. The fourth-order valence-electron chi connectivity index (χ4n) is 2.64. The molecule has 0 amide bonds. The van der Waals surface area contributed by atoms with Gasteiger partial charge in [0.15, 0.2) is 11.6 Å². The fraction of sp³-hybridized carbons (Fsp3) is 0.462. The van der Waals surface area contributed by atoms with Crippen LogP contribution < -0.4 is 0 Å². The molecule has 0 atom stereocenters. The minimum atomic E-state index is -1.18. The summed E-state index contributed by atoms with van der Waals surface area (Å²) in [6.45, 7) is 0. The van der Waals surface area contributed by atoms with Gasteiger partial charge in [0.05, 0.1) is 5.41 Å². The first kappa shape index (κ1) is 13.3. The predicted molar refractivity (Wildman–Crippen MR) is 63.8 cm³/mol. The molecule has 0 saturated heterocycles. The van der Waals surface area contributed by atoms with Gasteiger partial charge in [0.25, 0.3) is 0 Å². The predicted octanol–water partition coefficient (Wildman–Crippen LogP) is 3.90. The van der Waals surface area contributed by atoms with Crippen molar-refractivity contribution in [3.63, 3.8) is 0 Å². The van der Waals surface area contributed by atoms with Crippen LogP contribution in [0.5, 0.6) is 0 Å². The van der Waals surface area contributed by atoms with E-state index in [1.807, 2.05) is 0 Å². The largest absolute Gasteiger partial charge is 0.481 e. The number of halogens is 3. The summed E-state index contributed by atoms with van der Waals surface area (Å²) in [5.74, 6) is -3.13. The van der Waals surface area contributed by atoms with E-state index in [9.17, 15) is 18.7 Å². The first-order valence-electron chi connectivity index (χ1n) is 5.86. The first-order chi connectivity index (χ1) is 8.47. The highest BCUT2D eigenvalue weighted by atomic mass is 35.5. The van der Waals surface area contributed by atoms with Gasteiger partial charge < -0.3 is 5.11 Å². The Labute approximate surface area is 109 Å². The van der Waals surface area contributed by atoms with Crippen LogP contribution in [0.3, 0.4) is 0 Å². The number of hydrogen-bond donors (Lipinski definition) is 1. The van der Waals surface area contributed by atoms with Crippen molar-refractivity contribution in [3.05, 3.63) is 34.4 Å². The van der Waals surface area contributed by atoms with Crippen LogP contribution in [-0.2, 0) is 10.2 Å². The Kier molecular flexibility index (Phi) is 3.57. The number of carboxylic acid groups (broad SMARTS) is 1. The second kappa shape index (κ2) is 4.84. The van der Waals surface area contributed by atoms with Gasteiger partial charge >= 0.3 is 5.97 Å². The smallest absolute Gasteiger partial charge is 0.314 e. The molecule has 1 N–H and O–H groups in total. The minimum absolute atomic E-state index is 0.0156. The van der Waals surface area contributed by atoms with E-state index in [0.717, 1.165) is 31.4 Å². The second-order valence-electron chi connectivity index (χ2n) is 4.69. The van der Waals surface area contributed by atoms with Gasteiger partial charge in [-0.15, -0.1) is 0 Å². The molecule has 2 nitrogen and oxygen atoms in total. The Hall–Kier alpha value is -1.16. The van der Waals surface area contributed by atoms with Gasteiger partial charge in [-0.1, -0.05) is 30.9 Å². The zero-order chi connectivity index (χ0) is 13.3. The zero-order valence-electron chi connectivity index (χ0n) is 9.68. The lowest BCUT2D eigenvalue weighted by Crippen LogP contribution is -2.38. The fourth-order valence-corrected chi connectivity index (χ4v) is 2.97. The molecule has 1 aliphatic rings. The Morgan fingerprint density at radius 3 is 2.28 bits per heavy atom. The van der Waals surface area contributed by atoms with Gasteiger partial charge in [0.2, 0.25) is 0 Å². The number of aliphatic carboxylic acids is 1. The van der Waals surface area contributed by atoms with Crippen LogP contribution >= 0.6 is 11.6 Å². The van der Waals surface area contributed by atoms with Gasteiger partial charge in [-0.05, 0) is 30.5 Å². The highest BCUT2D eigenvalue weighted by Crippen LogP contribution is 2.43. The van der Waals surface area contributed by atoms with E-state index in [0.29, 0.717) is 12.8 Å². The molecule has 98 valence electrons. The first-order valence-corrected chi connectivity index (χ1v) is 6.23. The molecule has 0 spiro atoms. The van der Waals surface area contributed by atoms with Crippen LogP contribution in [0.15, 0.2) is 12.1 Å². The van der Waals surface area contributed by atoms with Crippen molar-refractivity contribution in [1.29, 1.82) is 0 Å². The topological polar surface area (TPSA) is 37.3 Å². The maximum Gasteiger partial charge on any atom is 0.314 e. The number of benzene rings is 1. The summed E-state index contributed by atoms with van der Waals surface area (Å²) in [5.41, 5.74) is -0.987. The van der Waals surface area contributed by atoms with Crippen molar-refractivity contribution >= 4 is 17.6 Å². The summed E-state index contributed by atoms with van der Waals surface area (Å²) in [4.78, 5) is 11.6. The lowest BCUT2D eigenvalue weighted by Gasteiger charge is -2.34. The van der Waals surface area contributed by atoms with Crippen molar-refractivity contribution in [2.45, 2.75) is 37.5 Å². The number of hydrogen-bond acceptors (Lipinski definition) is 1. The molecule has 18 heavy (non-hydrogen) atoms. The van der Waals surface area contributed by atoms with Gasteiger partial charge in [0, 0.05) is 5.02 Å². The Morgan fingerprint density at radius 2 is 1.72 bits per heavy atom. The lowest BCUT2D eigenvalue weighted by molar-refractivity contribution is -0.145. The van der Waals surface area contributed by atoms with Crippen molar-refractivity contribution in [1.82, 2.24) is 0 Å². The van der Waals surface area contributed by atoms with Crippen LogP contribution in [0.25, 0.3) is 0 Å². The van der Waals surface area contributed by atoms with Crippen LogP contribution in [0.4, 0.5) is 8.78 Å². The maximum absolute atomic E-state index is 13.3. The third-order valence-electron chi connectivity index (χ3n) is 3.64. The summed E-state index contributed by atoms with van der Waals surface area (Å²) in [5, 5.41) is 9.44. The highest BCUT2D eigenvalue weighted by Gasteiger charge is 2.43. The SMILES string of the molecule is O=C(O)C1(c2cc(F)c(F)cc2Cl)CCCCC1. The molecule has 1 aromatic rings. The quantitative estimate of drug-likeness (QED) is 0.831. The zero-order valence-corrected chi connectivity index (χ0v) is 10.4. The van der Waals surface area contributed by atoms with Crippen LogP contribution in [-0.4, -0.2) is 11.1 Å². The molecule has 0 unspecified atom stereocenters. The Morgan fingerprint density at radius 1 is 1.17 bits per heavy atom. The minimum Gasteiger partial charge on any atom is -0.481 e. The van der Waals surface area contributed by atoms with E-state index in [-0.39, 0.29) is 10.6 Å². The van der Waals surface area contributed by atoms with Crippen LogP contribution in [0.1, 0.15) is 37.7 Å². The monoisotopic (exact) mass is 274 g/mol. The molecule has 5 heteroatoms. The van der Waals surface area contributed by atoms with Crippen molar-refractivity contribution in [2.24, 2.45) is 0 Å². The second-order valence-corrected chi connectivity index (χ2v) is 5.10. The normalized spacial score (nSPS) is 18.6. The summed E-state index contributed by atoms with van der Waals surface area (Å²) < 4.78 is 26.4. The summed E-state index contributed by atoms with van der Waals surface area (Å²) >= 11 is 5.90. The van der Waals surface area contributed by atoms with Crippen LogP contribution in [0.2, 0.25) is 5.02 Å². The van der Waals surface area contributed by atoms with Gasteiger partial charge in [-0.2, -0.15) is 0 Å². The number of carbonyl (C=O) groups is 1. The van der Waals surface area contributed by atoms with Crippen molar-refractivity contribution in [2.75, 3.05) is 0 Å². The summed E-state index contributed by atoms with van der Waals surface area (Å²) in [6.07, 6.45) is 3.28. The third kappa shape index (κ3) is 2.09. The van der Waals surface area contributed by atoms with E-state index < -0.39 is 23.0 Å². The van der Waals surface area contributed by atoms with Crippen molar-refractivity contribution in [3.8, 4) is 0 Å². The molecule has 0 bridgehead atoms. The summed E-state index contributed by atoms with van der Waals surface area (Å²) in [7, 11) is 0. The standard InChI is InChI=1S/C13H13ClF2O2/c14-9-7-11(16)10(15)6-8(9)13(12(17)18)4-2-1-3-5-13/h6-7H,1-5H2,(H,17,18). The number of rotatable bonds is 2. The Bertz CT molecular complexity index is 482. The molecule has 2 rings (SSSR count). The molecular weight excluding hydrogens is 262 g/mol. The van der Waals surface area contributed by atoms with E-state index in [1.54, 1.807) is 0 Å².